The van der Waals surface area contributed by atoms with Gasteiger partial charge in [0.05, 0.1) is 0 Å². The summed E-state index contributed by atoms with van der Waals surface area (Å²) in [6, 6.07) is 0. The van der Waals surface area contributed by atoms with Crippen LogP contribution in [0.5, 0.6) is 0 Å². The Balaban J connectivity index is 2.56. The first-order valence-electron chi connectivity index (χ1n) is 4.06. The van der Waals surface area contributed by atoms with Gasteiger partial charge in [0.2, 0.25) is 6.33 Å². The minimum atomic E-state index is -0.565. The van der Waals surface area contributed by atoms with Gasteiger partial charge >= 0.3 is 0 Å². The molecule has 8 heteroatoms. The van der Waals surface area contributed by atoms with Gasteiger partial charge in [0.15, 0.2) is 13.1 Å². The lowest BCUT2D eigenvalue weighted by Crippen LogP contribution is -2.40. The number of hydroxylamine groups is 2. The largest absolute Gasteiger partial charge is 0.289 e. The Labute approximate surface area is 84.7 Å². The van der Waals surface area contributed by atoms with E-state index < -0.39 is 11.8 Å². The maximum atomic E-state index is 10.8. The van der Waals surface area contributed by atoms with Gasteiger partial charge in [0, 0.05) is 0 Å². The van der Waals surface area contributed by atoms with E-state index in [9.17, 15) is 9.59 Å². The predicted molar refractivity (Wildman–Crippen MR) is 44.5 cm³/mol. The average Bonchev–Trinajstić information content (AvgIpc) is 2.65. The highest BCUT2D eigenvalue weighted by Crippen LogP contribution is 1.84. The molecule has 1 heterocycles. The van der Waals surface area contributed by atoms with Gasteiger partial charge in [-0.15, -0.1) is 0 Å². The molecule has 0 aliphatic carbocycles. The van der Waals surface area contributed by atoms with Crippen molar-refractivity contribution in [2.45, 2.75) is 13.1 Å². The fourth-order valence-electron chi connectivity index (χ4n) is 1.03. The molecular formula is C7H11N4O4+. The zero-order valence-electron chi connectivity index (χ0n) is 7.75. The van der Waals surface area contributed by atoms with Gasteiger partial charge in [-0.25, -0.2) is 20.1 Å². The van der Waals surface area contributed by atoms with Gasteiger partial charge < -0.3 is 0 Å². The van der Waals surface area contributed by atoms with Crippen LogP contribution in [0.25, 0.3) is 0 Å². The first kappa shape index (κ1) is 11.1. The van der Waals surface area contributed by atoms with Crippen molar-refractivity contribution in [2.75, 3.05) is 0 Å². The molecule has 1 aromatic rings. The van der Waals surface area contributed by atoms with E-state index in [1.165, 1.54) is 26.4 Å². The van der Waals surface area contributed by atoms with E-state index in [2.05, 4.69) is 0 Å². The number of nitrogens with zero attached hydrogens (tertiary/aromatic N) is 2. The number of carbonyl (C=O) groups is 2. The Morgan fingerprint density at radius 2 is 1.93 bits per heavy atom. The van der Waals surface area contributed by atoms with Crippen molar-refractivity contribution in [3.63, 3.8) is 0 Å². The van der Waals surface area contributed by atoms with Crippen molar-refractivity contribution < 1.29 is 24.6 Å². The third kappa shape index (κ3) is 3.37. The second-order valence-corrected chi connectivity index (χ2v) is 2.83. The summed E-state index contributed by atoms with van der Waals surface area (Å²) < 4.78 is 2.94. The third-order valence-corrected chi connectivity index (χ3v) is 1.65. The zero-order chi connectivity index (χ0) is 11.3. The lowest BCUT2D eigenvalue weighted by atomic mass is 10.6. The summed E-state index contributed by atoms with van der Waals surface area (Å²) in [5.74, 6) is -1.13. The fraction of sp³-hybridized carbons (Fsp3) is 0.286. The van der Waals surface area contributed by atoms with E-state index in [1.807, 2.05) is 0 Å². The molecule has 0 fully saturated rings. The maximum absolute atomic E-state index is 10.8. The molecule has 0 aromatic carbocycles. The molecule has 0 unspecified atom stereocenters. The molecule has 0 aliphatic rings. The van der Waals surface area contributed by atoms with Crippen LogP contribution in [0, 0.1) is 0 Å². The van der Waals surface area contributed by atoms with Gasteiger partial charge in [-0.05, 0) is 0 Å². The standard InChI is InChI=1S/C7H10N4O4/c12-6(8-14)3-10-1-2-11(5-10)4-7(13)9-15/h1-2,5H,3-4H2,(H3-,8,9,12,13,14,15)/p+1. The number of amides is 2. The minimum absolute atomic E-state index is 0.0513. The van der Waals surface area contributed by atoms with E-state index >= 15 is 0 Å². The lowest BCUT2D eigenvalue weighted by Gasteiger charge is -1.94. The number of carbonyl (C=O) groups excluding carboxylic acids is 2. The quantitative estimate of drug-likeness (QED) is 0.259. The monoisotopic (exact) mass is 215 g/mol. The van der Waals surface area contributed by atoms with Crippen LogP contribution in [0.3, 0.4) is 0 Å². The second-order valence-electron chi connectivity index (χ2n) is 2.83. The molecule has 8 nitrogen and oxygen atoms in total. The van der Waals surface area contributed by atoms with E-state index in [-0.39, 0.29) is 13.1 Å². The van der Waals surface area contributed by atoms with Crippen molar-refractivity contribution in [1.82, 2.24) is 15.5 Å². The number of aromatic nitrogens is 2. The molecule has 0 radical (unpaired) electrons. The Morgan fingerprint density at radius 1 is 1.27 bits per heavy atom. The zero-order valence-corrected chi connectivity index (χ0v) is 7.75. The lowest BCUT2D eigenvalue weighted by molar-refractivity contribution is -0.684. The Hall–Kier alpha value is -1.93. The van der Waals surface area contributed by atoms with Gasteiger partial charge in [-0.1, -0.05) is 0 Å². The van der Waals surface area contributed by atoms with Gasteiger partial charge in [0.25, 0.3) is 11.8 Å². The first-order valence-corrected chi connectivity index (χ1v) is 4.06. The minimum Gasteiger partial charge on any atom is -0.289 e. The number of imidazole rings is 1. The van der Waals surface area contributed by atoms with E-state index in [1.54, 1.807) is 12.4 Å². The number of hydrogen-bond acceptors (Lipinski definition) is 4. The highest BCUT2D eigenvalue weighted by atomic mass is 16.5. The Morgan fingerprint density at radius 3 is 2.53 bits per heavy atom. The van der Waals surface area contributed by atoms with Crippen LogP contribution in [0.15, 0.2) is 18.7 Å². The van der Waals surface area contributed by atoms with E-state index in [4.69, 9.17) is 10.4 Å². The summed E-state index contributed by atoms with van der Waals surface area (Å²) in [5.41, 5.74) is 2.97. The molecule has 0 saturated carbocycles. The normalized spacial score (nSPS) is 9.73. The molecule has 15 heavy (non-hydrogen) atoms. The maximum Gasteiger partial charge on any atom is 0.285 e. The highest BCUT2D eigenvalue weighted by Gasteiger charge is 2.10. The molecule has 0 bridgehead atoms. The molecule has 0 spiro atoms. The smallest absolute Gasteiger partial charge is 0.285 e. The van der Waals surface area contributed by atoms with Crippen LogP contribution in [-0.2, 0) is 22.7 Å². The molecular weight excluding hydrogens is 204 g/mol. The molecule has 0 atom stereocenters. The molecule has 1 rings (SSSR count). The van der Waals surface area contributed by atoms with Crippen LogP contribution >= 0.6 is 0 Å². The van der Waals surface area contributed by atoms with Crippen molar-refractivity contribution in [3.05, 3.63) is 18.7 Å². The summed E-state index contributed by atoms with van der Waals surface area (Å²) >= 11 is 0. The molecule has 0 aliphatic heterocycles. The molecule has 82 valence electrons. The molecule has 1 aromatic heterocycles. The highest BCUT2D eigenvalue weighted by molar-refractivity contribution is 5.74. The summed E-state index contributed by atoms with van der Waals surface area (Å²) in [6.07, 6.45) is 4.60. The van der Waals surface area contributed by atoms with Crippen LogP contribution < -0.4 is 15.5 Å². The van der Waals surface area contributed by atoms with Crippen molar-refractivity contribution in [2.24, 2.45) is 0 Å². The van der Waals surface area contributed by atoms with Crippen LogP contribution in [0.2, 0.25) is 0 Å². The number of nitrogens with one attached hydrogen (secondary N) is 2. The molecule has 4 N–H and O–H groups in total. The summed E-state index contributed by atoms with van der Waals surface area (Å²) in [6.45, 7) is -0.103. The van der Waals surface area contributed by atoms with E-state index in [0.29, 0.717) is 0 Å². The summed E-state index contributed by atoms with van der Waals surface area (Å²) in [7, 11) is 0. The van der Waals surface area contributed by atoms with Crippen LogP contribution in [-0.4, -0.2) is 26.8 Å². The van der Waals surface area contributed by atoms with Gasteiger partial charge in [0.1, 0.15) is 12.4 Å². The topological polar surface area (TPSA) is 107 Å². The number of rotatable bonds is 4. The van der Waals surface area contributed by atoms with Crippen molar-refractivity contribution in [3.8, 4) is 0 Å². The Bertz CT molecular complexity index is 329. The van der Waals surface area contributed by atoms with Crippen molar-refractivity contribution >= 4 is 11.8 Å². The van der Waals surface area contributed by atoms with Gasteiger partial charge in [-0.3, -0.25) is 20.0 Å². The molecule has 0 saturated heterocycles. The van der Waals surface area contributed by atoms with Gasteiger partial charge in [-0.2, -0.15) is 0 Å². The third-order valence-electron chi connectivity index (χ3n) is 1.65. The number of hydrogen-bond donors (Lipinski definition) is 4. The first-order chi connectivity index (χ1) is 7.15. The second kappa shape index (κ2) is 5.08. The SMILES string of the molecule is O=C(Cn1cc[n+](CC(=O)NO)c1)NO. The predicted octanol–water partition coefficient (Wildman–Crippen LogP) is -2.21. The van der Waals surface area contributed by atoms with E-state index in [0.717, 1.165) is 0 Å². The van der Waals surface area contributed by atoms with Crippen LogP contribution in [0.4, 0.5) is 0 Å². The Kier molecular flexibility index (Phi) is 3.77. The van der Waals surface area contributed by atoms with Crippen LogP contribution in [0.1, 0.15) is 0 Å². The summed E-state index contributed by atoms with van der Waals surface area (Å²) in [4.78, 5) is 21.5. The average molecular weight is 215 g/mol. The molecule has 2 amide bonds. The fourth-order valence-corrected chi connectivity index (χ4v) is 1.03. The van der Waals surface area contributed by atoms with Crippen molar-refractivity contribution in [1.29, 1.82) is 0 Å². The summed E-state index contributed by atoms with van der Waals surface area (Å²) in [5, 5.41) is 16.5.